The highest BCUT2D eigenvalue weighted by Crippen LogP contribution is 2.41. The van der Waals surface area contributed by atoms with Crippen LogP contribution in [-0.2, 0) is 30.6 Å². The summed E-state index contributed by atoms with van der Waals surface area (Å²) < 4.78 is 1.51. The Morgan fingerprint density at radius 1 is 1.39 bits per heavy atom. The SMILES string of the molecule is C=CCn1nnnc1SCC1=C(C(=O)O)N2C(=O)C(NC(=O)/C(=N/OCC(=O)O)c3csc(N)n3)C2SC1. The molecule has 2 unspecified atom stereocenters. The lowest BCUT2D eigenvalue weighted by molar-refractivity contribution is -0.150. The number of carboxylic acid groups (broad SMARTS) is 2. The van der Waals surface area contributed by atoms with E-state index in [-0.39, 0.29) is 33.7 Å². The smallest absolute Gasteiger partial charge is 0.352 e. The number of thioether (sulfide) groups is 2. The maximum atomic E-state index is 13.0. The lowest BCUT2D eigenvalue weighted by Crippen LogP contribution is -2.71. The Hall–Kier alpha value is -3.97. The molecule has 4 rings (SSSR count). The second kappa shape index (κ2) is 11.6. The number of oxime groups is 1. The first-order valence-electron chi connectivity index (χ1n) is 10.5. The van der Waals surface area contributed by atoms with Crippen LogP contribution >= 0.6 is 34.9 Å². The zero-order valence-corrected chi connectivity index (χ0v) is 21.7. The Labute approximate surface area is 226 Å². The molecule has 1 saturated heterocycles. The van der Waals surface area contributed by atoms with E-state index in [1.807, 2.05) is 0 Å². The number of nitrogens with zero attached hydrogens (tertiary/aromatic N) is 7. The second-order valence-electron chi connectivity index (χ2n) is 7.52. The monoisotopic (exact) mass is 581 g/mol. The van der Waals surface area contributed by atoms with E-state index in [4.69, 9.17) is 15.7 Å². The quantitative estimate of drug-likeness (QED) is 0.0794. The van der Waals surface area contributed by atoms with Crippen molar-refractivity contribution in [3.05, 3.63) is 35.0 Å². The van der Waals surface area contributed by atoms with Gasteiger partial charge in [-0.05, 0) is 16.0 Å². The third kappa shape index (κ3) is 5.63. The maximum Gasteiger partial charge on any atom is 0.352 e. The largest absolute Gasteiger partial charge is 0.479 e. The van der Waals surface area contributed by atoms with E-state index in [1.54, 1.807) is 6.08 Å². The van der Waals surface area contributed by atoms with Crippen molar-refractivity contribution in [2.75, 3.05) is 23.8 Å². The molecule has 19 heteroatoms. The van der Waals surface area contributed by atoms with Gasteiger partial charge in [0.1, 0.15) is 22.8 Å². The predicted molar refractivity (Wildman–Crippen MR) is 135 cm³/mol. The summed E-state index contributed by atoms with van der Waals surface area (Å²) in [6.07, 6.45) is 1.62. The Balaban J connectivity index is 1.49. The zero-order valence-electron chi connectivity index (χ0n) is 19.2. The fourth-order valence-electron chi connectivity index (χ4n) is 3.45. The number of carbonyl (C=O) groups is 4. The molecular weight excluding hydrogens is 562 g/mol. The number of amides is 2. The Kier molecular flexibility index (Phi) is 8.27. The van der Waals surface area contributed by atoms with E-state index >= 15 is 0 Å². The number of allylic oxidation sites excluding steroid dienone is 1. The van der Waals surface area contributed by atoms with E-state index < -0.39 is 41.8 Å². The fraction of sp³-hybridized carbons (Fsp3) is 0.316. The standard InChI is InChI=1S/C19H19N9O7S3/c1-2-3-27-19(23-25-26-27)38-6-8-5-36-16-12(15(32)28(16)13(8)17(33)34)22-14(31)11(24-35-4-10(29)30)9-7-37-18(20)21-9/h2,7,12,16H,1,3-6H2,(H2,20,21)(H,22,31)(H,29,30)(H,33,34)/b24-11+. The van der Waals surface area contributed by atoms with Crippen molar-refractivity contribution in [2.45, 2.75) is 23.1 Å². The molecule has 2 atom stereocenters. The minimum Gasteiger partial charge on any atom is -0.479 e. The topological polar surface area (TPSA) is 228 Å². The number of carboxylic acids is 2. The van der Waals surface area contributed by atoms with Gasteiger partial charge < -0.3 is 26.1 Å². The molecule has 2 aliphatic heterocycles. The van der Waals surface area contributed by atoms with Crippen molar-refractivity contribution < 1.29 is 34.2 Å². The molecule has 4 heterocycles. The second-order valence-corrected chi connectivity index (χ2v) is 10.5. The number of rotatable bonds is 12. The highest BCUT2D eigenvalue weighted by molar-refractivity contribution is 8.01. The number of nitrogen functional groups attached to an aromatic ring is 1. The minimum atomic E-state index is -1.31. The number of anilines is 1. The van der Waals surface area contributed by atoms with E-state index in [0.717, 1.165) is 16.2 Å². The van der Waals surface area contributed by atoms with Gasteiger partial charge in [-0.25, -0.2) is 19.3 Å². The Morgan fingerprint density at radius 2 is 2.18 bits per heavy atom. The third-order valence-electron chi connectivity index (χ3n) is 5.04. The first-order chi connectivity index (χ1) is 18.2. The number of aliphatic carboxylic acids is 2. The highest BCUT2D eigenvalue weighted by Gasteiger charge is 2.54. The van der Waals surface area contributed by atoms with E-state index in [1.165, 1.54) is 33.6 Å². The van der Waals surface area contributed by atoms with Gasteiger partial charge in [0.2, 0.25) is 11.8 Å². The van der Waals surface area contributed by atoms with E-state index in [9.17, 15) is 24.3 Å². The van der Waals surface area contributed by atoms with Crippen molar-refractivity contribution >= 4 is 69.5 Å². The van der Waals surface area contributed by atoms with Gasteiger partial charge in [-0.15, -0.1) is 34.8 Å². The average Bonchev–Trinajstić information content (AvgIpc) is 3.51. The molecule has 0 spiro atoms. The average molecular weight is 582 g/mol. The number of hydrogen-bond acceptors (Lipinski definition) is 14. The number of thiazole rings is 1. The van der Waals surface area contributed by atoms with Crippen molar-refractivity contribution in [1.82, 2.24) is 35.4 Å². The zero-order chi connectivity index (χ0) is 27.4. The van der Waals surface area contributed by atoms with Crippen LogP contribution in [-0.4, -0.2) is 99.3 Å². The molecule has 5 N–H and O–H groups in total. The summed E-state index contributed by atoms with van der Waals surface area (Å²) in [6, 6.07) is -1.06. The van der Waals surface area contributed by atoms with Crippen molar-refractivity contribution in [2.24, 2.45) is 5.16 Å². The van der Waals surface area contributed by atoms with Crippen LogP contribution in [0.4, 0.5) is 5.13 Å². The summed E-state index contributed by atoms with van der Waals surface area (Å²) >= 11 is 3.52. The van der Waals surface area contributed by atoms with Crippen molar-refractivity contribution in [3.63, 3.8) is 0 Å². The first-order valence-corrected chi connectivity index (χ1v) is 13.5. The lowest BCUT2D eigenvalue weighted by atomic mass is 10.0. The number of fused-ring (bicyclic) bond motifs is 1. The number of tetrazole rings is 1. The van der Waals surface area contributed by atoms with E-state index in [0.29, 0.717) is 17.3 Å². The van der Waals surface area contributed by atoms with Gasteiger partial charge in [0.05, 0.1) is 6.54 Å². The summed E-state index contributed by atoms with van der Waals surface area (Å²) in [5.74, 6) is -3.58. The summed E-state index contributed by atoms with van der Waals surface area (Å²) in [7, 11) is 0. The van der Waals surface area contributed by atoms with Crippen LogP contribution in [0.3, 0.4) is 0 Å². The van der Waals surface area contributed by atoms with Gasteiger partial charge in [-0.3, -0.25) is 14.5 Å². The van der Waals surface area contributed by atoms with Crippen molar-refractivity contribution in [1.29, 1.82) is 0 Å². The summed E-state index contributed by atoms with van der Waals surface area (Å²) in [5.41, 5.74) is 5.60. The fourth-order valence-corrected chi connectivity index (χ4v) is 6.36. The van der Waals surface area contributed by atoms with Gasteiger partial charge in [0.25, 0.3) is 11.8 Å². The lowest BCUT2D eigenvalue weighted by Gasteiger charge is -2.49. The van der Waals surface area contributed by atoms with Gasteiger partial charge in [0.15, 0.2) is 10.8 Å². The van der Waals surface area contributed by atoms with E-state index in [2.05, 4.69) is 37.6 Å². The Morgan fingerprint density at radius 3 is 2.84 bits per heavy atom. The third-order valence-corrected chi connectivity index (χ3v) is 8.09. The molecule has 16 nitrogen and oxygen atoms in total. The number of nitrogens with one attached hydrogen (secondary N) is 1. The number of hydrogen-bond donors (Lipinski definition) is 4. The molecule has 200 valence electrons. The van der Waals surface area contributed by atoms with Crippen LogP contribution in [0.1, 0.15) is 5.69 Å². The molecule has 2 aromatic heterocycles. The number of β-lactam (4-membered cyclic amide) rings is 1. The molecule has 0 saturated carbocycles. The molecular formula is C19H19N9O7S3. The van der Waals surface area contributed by atoms with Gasteiger partial charge in [-0.2, -0.15) is 0 Å². The summed E-state index contributed by atoms with van der Waals surface area (Å²) in [5, 5.41) is 37.4. The Bertz CT molecular complexity index is 1350. The summed E-state index contributed by atoms with van der Waals surface area (Å²) in [4.78, 5) is 58.6. The van der Waals surface area contributed by atoms with Crippen molar-refractivity contribution in [3.8, 4) is 0 Å². The van der Waals surface area contributed by atoms with Crippen LogP contribution in [0.25, 0.3) is 0 Å². The molecule has 0 aliphatic carbocycles. The molecule has 0 radical (unpaired) electrons. The van der Waals surface area contributed by atoms with Crippen LogP contribution < -0.4 is 11.1 Å². The van der Waals surface area contributed by atoms with Crippen LogP contribution in [0.5, 0.6) is 0 Å². The molecule has 0 bridgehead atoms. The molecule has 2 aliphatic rings. The van der Waals surface area contributed by atoms with Gasteiger partial charge >= 0.3 is 11.9 Å². The number of nitrogens with two attached hydrogens (primary N) is 1. The van der Waals surface area contributed by atoms with Gasteiger partial charge in [-0.1, -0.05) is 23.0 Å². The van der Waals surface area contributed by atoms with Crippen LogP contribution in [0.2, 0.25) is 0 Å². The number of aromatic nitrogens is 5. The normalized spacial score (nSPS) is 19.0. The molecule has 2 amide bonds. The molecule has 1 fully saturated rings. The summed E-state index contributed by atoms with van der Waals surface area (Å²) in [6.45, 7) is 3.21. The van der Waals surface area contributed by atoms with Crippen LogP contribution in [0.15, 0.2) is 39.6 Å². The first kappa shape index (κ1) is 27.1. The highest BCUT2D eigenvalue weighted by atomic mass is 32.2. The maximum absolute atomic E-state index is 13.0. The molecule has 38 heavy (non-hydrogen) atoms. The molecule has 2 aromatic rings. The predicted octanol–water partition coefficient (Wildman–Crippen LogP) is -0.766. The number of carbonyl (C=O) groups excluding carboxylic acids is 2. The van der Waals surface area contributed by atoms with Gasteiger partial charge in [0, 0.05) is 16.9 Å². The molecule has 0 aromatic carbocycles. The minimum absolute atomic E-state index is 0.0274. The van der Waals surface area contributed by atoms with Crippen LogP contribution in [0, 0.1) is 0 Å².